The van der Waals surface area contributed by atoms with E-state index in [0.29, 0.717) is 12.8 Å². The molecule has 0 aromatic heterocycles. The highest BCUT2D eigenvalue weighted by atomic mass is 19.4. The van der Waals surface area contributed by atoms with Crippen molar-refractivity contribution in [3.8, 4) is 0 Å². The molecule has 6 heteroatoms. The van der Waals surface area contributed by atoms with Crippen LogP contribution in [0.2, 0.25) is 0 Å². The van der Waals surface area contributed by atoms with E-state index in [4.69, 9.17) is 0 Å². The van der Waals surface area contributed by atoms with Crippen LogP contribution in [0.4, 0.5) is 13.2 Å². The van der Waals surface area contributed by atoms with Crippen LogP contribution in [0.3, 0.4) is 0 Å². The molecule has 0 aliphatic rings. The summed E-state index contributed by atoms with van der Waals surface area (Å²) < 4.78 is 38.5. The number of halogens is 3. The zero-order valence-corrected chi connectivity index (χ0v) is 17.2. The molecule has 0 heterocycles. The molecule has 1 amide bonds. The van der Waals surface area contributed by atoms with Gasteiger partial charge in [0.15, 0.2) is 0 Å². The molecular formula is C25H25F3N2O. The van der Waals surface area contributed by atoms with Gasteiger partial charge in [-0.2, -0.15) is 13.2 Å². The zero-order valence-electron chi connectivity index (χ0n) is 17.2. The van der Waals surface area contributed by atoms with Crippen molar-refractivity contribution >= 4 is 5.91 Å². The quantitative estimate of drug-likeness (QED) is 0.503. The van der Waals surface area contributed by atoms with Crippen molar-refractivity contribution in [3.63, 3.8) is 0 Å². The molecular weight excluding hydrogens is 401 g/mol. The van der Waals surface area contributed by atoms with Crippen LogP contribution in [0.5, 0.6) is 0 Å². The Morgan fingerprint density at radius 2 is 1.39 bits per heavy atom. The number of likely N-dealkylation sites (N-methyl/N-ethyl adjacent to an activating group) is 1. The zero-order chi connectivity index (χ0) is 22.3. The van der Waals surface area contributed by atoms with Gasteiger partial charge in [0.05, 0.1) is 5.56 Å². The second-order valence-corrected chi connectivity index (χ2v) is 7.32. The molecule has 0 fully saturated rings. The Kier molecular flexibility index (Phi) is 7.47. The first-order valence-corrected chi connectivity index (χ1v) is 10.1. The Morgan fingerprint density at radius 3 is 1.90 bits per heavy atom. The van der Waals surface area contributed by atoms with E-state index >= 15 is 0 Å². The maximum absolute atomic E-state index is 12.8. The third-order valence-electron chi connectivity index (χ3n) is 5.21. The van der Waals surface area contributed by atoms with E-state index in [2.05, 4.69) is 10.6 Å². The van der Waals surface area contributed by atoms with Gasteiger partial charge in [0, 0.05) is 13.1 Å². The lowest BCUT2D eigenvalue weighted by atomic mass is 9.96. The SMILES string of the molecule is CNC(=O)[C@H](N[C@H](CCc1ccc(C(F)(F)F)cc1)c1ccccc1)c1ccccc1. The van der Waals surface area contributed by atoms with E-state index in [1.165, 1.54) is 12.1 Å². The summed E-state index contributed by atoms with van der Waals surface area (Å²) in [6.45, 7) is 0. The highest BCUT2D eigenvalue weighted by Crippen LogP contribution is 2.30. The number of carbonyl (C=O) groups excluding carboxylic acids is 1. The first-order valence-electron chi connectivity index (χ1n) is 10.1. The van der Waals surface area contributed by atoms with Crippen LogP contribution in [0.25, 0.3) is 0 Å². The number of benzene rings is 3. The fourth-order valence-electron chi connectivity index (χ4n) is 3.52. The summed E-state index contributed by atoms with van der Waals surface area (Å²) in [5.74, 6) is -0.151. The Balaban J connectivity index is 1.81. The maximum atomic E-state index is 12.8. The summed E-state index contributed by atoms with van der Waals surface area (Å²) in [5.41, 5.74) is 2.02. The Hall–Kier alpha value is -3.12. The average Bonchev–Trinajstić information content (AvgIpc) is 2.79. The van der Waals surface area contributed by atoms with Crippen LogP contribution in [0, 0.1) is 0 Å². The van der Waals surface area contributed by atoms with Crippen LogP contribution >= 0.6 is 0 Å². The lowest BCUT2D eigenvalue weighted by Crippen LogP contribution is -2.38. The van der Waals surface area contributed by atoms with Gasteiger partial charge in [-0.15, -0.1) is 0 Å². The highest BCUT2D eigenvalue weighted by molar-refractivity contribution is 5.83. The molecule has 0 aliphatic carbocycles. The highest BCUT2D eigenvalue weighted by Gasteiger charge is 2.30. The number of carbonyl (C=O) groups is 1. The molecule has 0 bridgehead atoms. The minimum Gasteiger partial charge on any atom is -0.358 e. The van der Waals surface area contributed by atoms with Crippen molar-refractivity contribution in [2.45, 2.75) is 31.1 Å². The number of aryl methyl sites for hydroxylation is 1. The number of nitrogens with one attached hydrogen (secondary N) is 2. The predicted octanol–water partition coefficient (Wildman–Crippen LogP) is 5.46. The largest absolute Gasteiger partial charge is 0.416 e. The van der Waals surface area contributed by atoms with Gasteiger partial charge >= 0.3 is 6.18 Å². The molecule has 2 atom stereocenters. The van der Waals surface area contributed by atoms with Crippen molar-refractivity contribution in [3.05, 3.63) is 107 Å². The molecule has 3 rings (SSSR count). The lowest BCUT2D eigenvalue weighted by Gasteiger charge is -2.26. The summed E-state index contributed by atoms with van der Waals surface area (Å²) in [6.07, 6.45) is -3.15. The van der Waals surface area contributed by atoms with E-state index in [-0.39, 0.29) is 11.9 Å². The summed E-state index contributed by atoms with van der Waals surface area (Å²) in [6, 6.07) is 23.7. The Bertz CT molecular complexity index is 958. The first-order chi connectivity index (χ1) is 14.9. The molecule has 3 nitrogen and oxygen atoms in total. The van der Waals surface area contributed by atoms with Crippen LogP contribution in [-0.2, 0) is 17.4 Å². The summed E-state index contributed by atoms with van der Waals surface area (Å²) in [5, 5.41) is 6.16. The number of hydrogen-bond donors (Lipinski definition) is 2. The number of alkyl halides is 3. The summed E-state index contributed by atoms with van der Waals surface area (Å²) in [4.78, 5) is 12.6. The van der Waals surface area contributed by atoms with E-state index in [1.807, 2.05) is 60.7 Å². The number of amides is 1. The molecule has 162 valence electrons. The minimum atomic E-state index is -4.34. The lowest BCUT2D eigenvalue weighted by molar-refractivity contribution is -0.137. The number of hydrogen-bond acceptors (Lipinski definition) is 2. The van der Waals surface area contributed by atoms with E-state index in [0.717, 1.165) is 28.8 Å². The fraction of sp³-hybridized carbons (Fsp3) is 0.240. The maximum Gasteiger partial charge on any atom is 0.416 e. The molecule has 0 unspecified atom stereocenters. The fourth-order valence-corrected chi connectivity index (χ4v) is 3.52. The Morgan fingerprint density at radius 1 is 0.839 bits per heavy atom. The van der Waals surface area contributed by atoms with Gasteiger partial charge in [-0.3, -0.25) is 10.1 Å². The molecule has 0 spiro atoms. The molecule has 0 saturated heterocycles. The molecule has 0 radical (unpaired) electrons. The van der Waals surface area contributed by atoms with Gasteiger partial charge < -0.3 is 5.32 Å². The van der Waals surface area contributed by atoms with Crippen molar-refractivity contribution in [2.75, 3.05) is 7.05 Å². The van der Waals surface area contributed by atoms with Gasteiger partial charge in [0.1, 0.15) is 6.04 Å². The van der Waals surface area contributed by atoms with Crippen LogP contribution in [-0.4, -0.2) is 13.0 Å². The summed E-state index contributed by atoms with van der Waals surface area (Å²) >= 11 is 0. The monoisotopic (exact) mass is 426 g/mol. The molecule has 2 N–H and O–H groups in total. The smallest absolute Gasteiger partial charge is 0.358 e. The minimum absolute atomic E-state index is 0.151. The van der Waals surface area contributed by atoms with E-state index in [1.54, 1.807) is 7.05 Å². The van der Waals surface area contributed by atoms with Gasteiger partial charge in [-0.25, -0.2) is 0 Å². The number of rotatable bonds is 8. The third-order valence-corrected chi connectivity index (χ3v) is 5.21. The van der Waals surface area contributed by atoms with Crippen LogP contribution in [0.15, 0.2) is 84.9 Å². The second kappa shape index (κ2) is 10.3. The average molecular weight is 426 g/mol. The van der Waals surface area contributed by atoms with Gasteiger partial charge in [-0.1, -0.05) is 72.8 Å². The van der Waals surface area contributed by atoms with Crippen molar-refractivity contribution in [2.24, 2.45) is 0 Å². The third kappa shape index (κ3) is 6.18. The predicted molar refractivity (Wildman–Crippen MR) is 115 cm³/mol. The standard InChI is InChI=1S/C25H25F3N2O/c1-29-24(31)23(20-10-6-3-7-11-20)30-22(19-8-4-2-5-9-19)17-14-18-12-15-21(16-13-18)25(26,27)28/h2-13,15-16,22-23,30H,14,17H2,1H3,(H,29,31)/t22-,23-/m1/s1. The van der Waals surface area contributed by atoms with Crippen molar-refractivity contribution in [1.82, 2.24) is 10.6 Å². The van der Waals surface area contributed by atoms with Crippen LogP contribution < -0.4 is 10.6 Å². The van der Waals surface area contributed by atoms with Gasteiger partial charge in [0.25, 0.3) is 0 Å². The van der Waals surface area contributed by atoms with E-state index in [9.17, 15) is 18.0 Å². The molecule has 0 aliphatic heterocycles. The molecule has 31 heavy (non-hydrogen) atoms. The molecule has 0 saturated carbocycles. The van der Waals surface area contributed by atoms with Crippen LogP contribution in [0.1, 0.15) is 40.8 Å². The van der Waals surface area contributed by atoms with Gasteiger partial charge in [-0.05, 0) is 41.7 Å². The molecule has 3 aromatic rings. The van der Waals surface area contributed by atoms with E-state index < -0.39 is 17.8 Å². The summed E-state index contributed by atoms with van der Waals surface area (Å²) in [7, 11) is 1.60. The first kappa shape index (κ1) is 22.6. The topological polar surface area (TPSA) is 41.1 Å². The second-order valence-electron chi connectivity index (χ2n) is 7.32. The normalized spacial score (nSPS) is 13.4. The van der Waals surface area contributed by atoms with Gasteiger partial charge in [0.2, 0.25) is 5.91 Å². The van der Waals surface area contributed by atoms with Crippen molar-refractivity contribution < 1.29 is 18.0 Å². The Labute approximate surface area is 180 Å². The molecule has 3 aromatic carbocycles. The van der Waals surface area contributed by atoms with Crippen molar-refractivity contribution in [1.29, 1.82) is 0 Å².